The topological polar surface area (TPSA) is 45.0 Å². The molecule has 2 aliphatic heterocycles. The summed E-state index contributed by atoms with van der Waals surface area (Å²) in [6, 6.07) is 1.64. The van der Waals surface area contributed by atoms with Crippen LogP contribution < -0.4 is 10.7 Å². The zero-order valence-corrected chi connectivity index (χ0v) is 6.73. The van der Waals surface area contributed by atoms with Gasteiger partial charge in [-0.3, -0.25) is 9.98 Å². The van der Waals surface area contributed by atoms with Crippen molar-refractivity contribution in [2.45, 2.75) is 0 Å². The first-order chi connectivity index (χ1) is 6.36. The van der Waals surface area contributed by atoms with Gasteiger partial charge in [-0.05, 0) is 12.2 Å². The summed E-state index contributed by atoms with van der Waals surface area (Å²) < 4.78 is 0. The van der Waals surface area contributed by atoms with Crippen molar-refractivity contribution < 1.29 is 5.11 Å². The first kappa shape index (κ1) is 6.60. The molecule has 0 bridgehead atoms. The molecule has 62 valence electrons. The van der Waals surface area contributed by atoms with Gasteiger partial charge in [-0.15, -0.1) is 0 Å². The fourth-order valence-corrected chi connectivity index (χ4v) is 1.64. The van der Waals surface area contributed by atoms with Crippen LogP contribution >= 0.6 is 0 Å². The zero-order valence-electron chi connectivity index (χ0n) is 6.73. The molecule has 0 saturated carbocycles. The van der Waals surface area contributed by atoms with Crippen LogP contribution in [0.25, 0.3) is 12.2 Å². The lowest BCUT2D eigenvalue weighted by Crippen LogP contribution is -2.14. The van der Waals surface area contributed by atoms with Crippen LogP contribution in [-0.4, -0.2) is 5.11 Å². The molecule has 0 fully saturated rings. The predicted octanol–water partition coefficient (Wildman–Crippen LogP) is 0.600. The number of phenolic OH excluding ortho intramolecular Hbond substituents is 1. The minimum absolute atomic E-state index is 0.200. The molecule has 0 unspecified atom stereocenters. The van der Waals surface area contributed by atoms with Crippen LogP contribution in [0.5, 0.6) is 5.75 Å². The van der Waals surface area contributed by atoms with Crippen LogP contribution in [0.15, 0.2) is 28.5 Å². The Hall–Kier alpha value is -1.90. The van der Waals surface area contributed by atoms with Gasteiger partial charge < -0.3 is 5.11 Å². The summed E-state index contributed by atoms with van der Waals surface area (Å²) in [5.41, 5.74) is 2.01. The highest BCUT2D eigenvalue weighted by Gasteiger charge is 2.12. The van der Waals surface area contributed by atoms with E-state index in [0.29, 0.717) is 5.36 Å². The minimum Gasteiger partial charge on any atom is -0.506 e. The SMILES string of the molecule is Oc1cc2c(c3c1=NC=C3)C=CN=2. The van der Waals surface area contributed by atoms with Gasteiger partial charge in [0.2, 0.25) is 0 Å². The second kappa shape index (κ2) is 2.07. The number of phenols is 1. The van der Waals surface area contributed by atoms with Gasteiger partial charge in [0.15, 0.2) is 0 Å². The molecule has 0 radical (unpaired) electrons. The van der Waals surface area contributed by atoms with E-state index in [0.717, 1.165) is 16.5 Å². The number of rotatable bonds is 0. The number of hydrogen-bond acceptors (Lipinski definition) is 3. The van der Waals surface area contributed by atoms with E-state index in [4.69, 9.17) is 0 Å². The summed E-state index contributed by atoms with van der Waals surface area (Å²) in [4.78, 5) is 8.19. The zero-order chi connectivity index (χ0) is 8.84. The van der Waals surface area contributed by atoms with Crippen LogP contribution in [0.4, 0.5) is 0 Å². The Morgan fingerprint density at radius 2 is 1.77 bits per heavy atom. The lowest BCUT2D eigenvalue weighted by molar-refractivity contribution is 0.467. The van der Waals surface area contributed by atoms with E-state index in [1.54, 1.807) is 18.5 Å². The smallest absolute Gasteiger partial charge is 0.143 e. The maximum atomic E-state index is 9.57. The van der Waals surface area contributed by atoms with Gasteiger partial charge in [-0.25, -0.2) is 0 Å². The largest absolute Gasteiger partial charge is 0.506 e. The lowest BCUT2D eigenvalue weighted by Gasteiger charge is -1.98. The second-order valence-electron chi connectivity index (χ2n) is 2.98. The average molecular weight is 170 g/mol. The third kappa shape index (κ3) is 0.731. The number of hydrogen-bond donors (Lipinski definition) is 1. The van der Waals surface area contributed by atoms with E-state index in [1.165, 1.54) is 0 Å². The van der Waals surface area contributed by atoms with Gasteiger partial charge in [0.25, 0.3) is 0 Å². The molecular formula is C10H6N2O. The van der Waals surface area contributed by atoms with Crippen molar-refractivity contribution in [2.75, 3.05) is 0 Å². The molecule has 0 saturated heterocycles. The van der Waals surface area contributed by atoms with Gasteiger partial charge in [-0.2, -0.15) is 0 Å². The molecule has 2 heterocycles. The van der Waals surface area contributed by atoms with Gasteiger partial charge >= 0.3 is 0 Å². The summed E-state index contributed by atoms with van der Waals surface area (Å²) in [5.74, 6) is 0.200. The Bertz CT molecular complexity index is 568. The number of benzene rings is 1. The number of aromatic hydroxyl groups is 1. The summed E-state index contributed by atoms with van der Waals surface area (Å²) >= 11 is 0. The second-order valence-corrected chi connectivity index (χ2v) is 2.98. The molecule has 3 heteroatoms. The van der Waals surface area contributed by atoms with Crippen LogP contribution in [0, 0.1) is 0 Å². The summed E-state index contributed by atoms with van der Waals surface area (Å²) in [6.07, 6.45) is 7.24. The van der Waals surface area contributed by atoms with Crippen LogP contribution in [-0.2, 0) is 0 Å². The molecule has 3 nitrogen and oxygen atoms in total. The van der Waals surface area contributed by atoms with E-state index < -0.39 is 0 Å². The monoisotopic (exact) mass is 170 g/mol. The number of fused-ring (bicyclic) bond motifs is 3. The minimum atomic E-state index is 0.200. The van der Waals surface area contributed by atoms with Crippen molar-refractivity contribution in [3.8, 4) is 5.75 Å². The molecule has 0 atom stereocenters. The highest BCUT2D eigenvalue weighted by Crippen LogP contribution is 2.15. The first-order valence-electron chi connectivity index (χ1n) is 4.01. The molecule has 1 N–H and O–H groups in total. The summed E-state index contributed by atoms with van der Waals surface area (Å²) in [6.45, 7) is 0. The Morgan fingerprint density at radius 1 is 1.00 bits per heavy atom. The third-order valence-corrected chi connectivity index (χ3v) is 2.24. The average Bonchev–Trinajstić information content (AvgIpc) is 2.66. The molecule has 0 spiro atoms. The normalized spacial score (nSPS) is 15.1. The van der Waals surface area contributed by atoms with Gasteiger partial charge in [-0.1, -0.05) is 0 Å². The molecule has 1 aromatic rings. The van der Waals surface area contributed by atoms with E-state index in [2.05, 4.69) is 9.98 Å². The van der Waals surface area contributed by atoms with Crippen molar-refractivity contribution in [1.82, 2.24) is 0 Å². The molecule has 0 aromatic heterocycles. The Kier molecular flexibility index (Phi) is 1.05. The Balaban J connectivity index is 2.58. The molecule has 13 heavy (non-hydrogen) atoms. The molecular weight excluding hydrogens is 164 g/mol. The highest BCUT2D eigenvalue weighted by molar-refractivity contribution is 5.69. The quantitative estimate of drug-likeness (QED) is 0.608. The number of nitrogens with zero attached hydrogens (tertiary/aromatic N) is 2. The standard InChI is InChI=1S/C10H6N2O/c13-9-5-8-6(1-3-11-8)7-2-4-12-10(7)9/h1-5,13H. The van der Waals surface area contributed by atoms with Crippen LogP contribution in [0.1, 0.15) is 11.1 Å². The molecule has 0 aliphatic carbocycles. The van der Waals surface area contributed by atoms with E-state index in [1.807, 2.05) is 12.2 Å². The van der Waals surface area contributed by atoms with Crippen LogP contribution in [0.3, 0.4) is 0 Å². The molecule has 1 aromatic carbocycles. The van der Waals surface area contributed by atoms with Crippen molar-refractivity contribution in [3.05, 3.63) is 40.3 Å². The van der Waals surface area contributed by atoms with Crippen LogP contribution in [0.2, 0.25) is 0 Å². The maximum Gasteiger partial charge on any atom is 0.143 e. The van der Waals surface area contributed by atoms with Gasteiger partial charge in [0.05, 0.1) is 5.36 Å². The molecule has 2 aliphatic rings. The Labute approximate surface area is 74.1 Å². The van der Waals surface area contributed by atoms with Crippen molar-refractivity contribution in [1.29, 1.82) is 0 Å². The maximum absolute atomic E-state index is 9.57. The fraction of sp³-hybridized carbons (Fsp3) is 0. The van der Waals surface area contributed by atoms with E-state index >= 15 is 0 Å². The summed E-state index contributed by atoms with van der Waals surface area (Å²) in [7, 11) is 0. The molecule has 0 amide bonds. The van der Waals surface area contributed by atoms with Gasteiger partial charge in [0, 0.05) is 29.6 Å². The van der Waals surface area contributed by atoms with Crippen molar-refractivity contribution in [2.24, 2.45) is 9.98 Å². The Morgan fingerprint density at radius 3 is 2.69 bits per heavy atom. The first-order valence-corrected chi connectivity index (χ1v) is 4.01. The lowest BCUT2D eigenvalue weighted by atomic mass is 10.1. The highest BCUT2D eigenvalue weighted by atomic mass is 16.3. The van der Waals surface area contributed by atoms with Crippen molar-refractivity contribution >= 4 is 12.2 Å². The summed E-state index contributed by atoms with van der Waals surface area (Å²) in [5, 5.41) is 11.0. The fourth-order valence-electron chi connectivity index (χ4n) is 1.64. The predicted molar refractivity (Wildman–Crippen MR) is 48.5 cm³/mol. The van der Waals surface area contributed by atoms with Crippen molar-refractivity contribution in [3.63, 3.8) is 0 Å². The van der Waals surface area contributed by atoms with E-state index in [9.17, 15) is 5.11 Å². The third-order valence-electron chi connectivity index (χ3n) is 2.24. The van der Waals surface area contributed by atoms with Gasteiger partial charge in [0.1, 0.15) is 11.1 Å². The molecule has 3 rings (SSSR count). The van der Waals surface area contributed by atoms with E-state index in [-0.39, 0.29) is 5.75 Å².